The molecule has 0 aliphatic carbocycles. The fourth-order valence-electron chi connectivity index (χ4n) is 3.06. The average molecular weight is 318 g/mol. The summed E-state index contributed by atoms with van der Waals surface area (Å²) in [5.74, 6) is 1.79. The molecule has 3 rings (SSSR count). The first kappa shape index (κ1) is 15.2. The highest BCUT2D eigenvalue weighted by Gasteiger charge is 2.26. The third-order valence-electron chi connectivity index (χ3n) is 4.41. The van der Waals surface area contributed by atoms with Crippen LogP contribution in [0.15, 0.2) is 23.2 Å². The van der Waals surface area contributed by atoms with Crippen LogP contribution in [-0.4, -0.2) is 38.7 Å². The Hall–Kier alpha value is -1.69. The fourth-order valence-corrected chi connectivity index (χ4v) is 3.76. The van der Waals surface area contributed by atoms with Crippen LogP contribution in [0.2, 0.25) is 0 Å². The Morgan fingerprint density at radius 1 is 1.41 bits per heavy atom. The summed E-state index contributed by atoms with van der Waals surface area (Å²) in [7, 11) is 0. The zero-order chi connectivity index (χ0) is 15.4. The van der Waals surface area contributed by atoms with Crippen molar-refractivity contribution in [3.05, 3.63) is 34.5 Å². The van der Waals surface area contributed by atoms with E-state index < -0.39 is 0 Å². The number of hydrogen-bond acceptors (Lipinski definition) is 4. The molecule has 0 spiro atoms. The molecule has 0 atom stereocenters. The number of carbonyl (C=O) groups excluding carboxylic acids is 1. The molecule has 118 valence electrons. The Morgan fingerprint density at radius 2 is 2.23 bits per heavy atom. The number of nitrogens with zero attached hydrogens (tertiary/aromatic N) is 4. The van der Waals surface area contributed by atoms with Crippen molar-refractivity contribution in [1.29, 1.82) is 0 Å². The zero-order valence-electron chi connectivity index (χ0n) is 12.9. The maximum atomic E-state index is 12.3. The van der Waals surface area contributed by atoms with Crippen LogP contribution in [0.1, 0.15) is 43.5 Å². The number of aryl methyl sites for hydroxylation is 2. The van der Waals surface area contributed by atoms with Crippen LogP contribution in [0.3, 0.4) is 0 Å². The van der Waals surface area contributed by atoms with E-state index in [-0.39, 0.29) is 5.91 Å². The van der Waals surface area contributed by atoms with Gasteiger partial charge in [-0.25, -0.2) is 0 Å². The number of carbonyl (C=O) groups is 1. The molecule has 1 aliphatic rings. The van der Waals surface area contributed by atoms with Gasteiger partial charge in [-0.15, -0.1) is 10.2 Å². The Kier molecular flexibility index (Phi) is 4.87. The van der Waals surface area contributed by atoms with Gasteiger partial charge >= 0.3 is 0 Å². The molecule has 1 aliphatic heterocycles. The van der Waals surface area contributed by atoms with Crippen molar-refractivity contribution in [2.45, 2.75) is 45.1 Å². The number of amides is 1. The third-order valence-corrected chi connectivity index (χ3v) is 5.14. The van der Waals surface area contributed by atoms with E-state index in [4.69, 9.17) is 0 Å². The van der Waals surface area contributed by atoms with E-state index in [2.05, 4.69) is 38.5 Å². The first-order valence-corrected chi connectivity index (χ1v) is 8.88. The van der Waals surface area contributed by atoms with Crippen LogP contribution in [0.4, 0.5) is 0 Å². The average Bonchev–Trinajstić information content (AvgIpc) is 3.23. The highest BCUT2D eigenvalue weighted by Crippen LogP contribution is 2.27. The van der Waals surface area contributed by atoms with Gasteiger partial charge in [0.25, 0.3) is 0 Å². The number of hydrogen-bond donors (Lipinski definition) is 0. The van der Waals surface area contributed by atoms with E-state index in [1.54, 1.807) is 17.7 Å². The first-order chi connectivity index (χ1) is 10.8. The molecule has 0 N–H and O–H groups in total. The minimum absolute atomic E-state index is 0.279. The third kappa shape index (κ3) is 3.38. The molecular weight excluding hydrogens is 296 g/mol. The minimum Gasteiger partial charge on any atom is -0.343 e. The lowest BCUT2D eigenvalue weighted by Crippen LogP contribution is -2.38. The van der Waals surface area contributed by atoms with Crippen molar-refractivity contribution in [2.75, 3.05) is 13.1 Å². The lowest BCUT2D eigenvalue weighted by molar-refractivity contribution is -0.132. The number of rotatable bonds is 5. The summed E-state index contributed by atoms with van der Waals surface area (Å²) < 4.78 is 2.11. The van der Waals surface area contributed by atoms with Crippen LogP contribution >= 0.6 is 11.3 Å². The van der Waals surface area contributed by atoms with Crippen molar-refractivity contribution < 1.29 is 4.79 Å². The maximum absolute atomic E-state index is 12.3. The van der Waals surface area contributed by atoms with Crippen LogP contribution in [0.25, 0.3) is 0 Å². The first-order valence-electron chi connectivity index (χ1n) is 7.94. The fraction of sp³-hybridized carbons (Fsp3) is 0.562. The summed E-state index contributed by atoms with van der Waals surface area (Å²) in [5, 5.41) is 12.5. The Balaban J connectivity index is 1.50. The Bertz CT molecular complexity index is 599. The number of aromatic nitrogens is 3. The molecule has 3 heterocycles. The van der Waals surface area contributed by atoms with Gasteiger partial charge in [0.15, 0.2) is 0 Å². The molecule has 2 aromatic rings. The minimum atomic E-state index is 0.279. The van der Waals surface area contributed by atoms with Gasteiger partial charge in [-0.05, 0) is 48.6 Å². The second-order valence-corrected chi connectivity index (χ2v) is 6.54. The summed E-state index contributed by atoms with van der Waals surface area (Å²) in [4.78, 5) is 14.3. The highest BCUT2D eigenvalue weighted by molar-refractivity contribution is 7.07. The summed E-state index contributed by atoms with van der Waals surface area (Å²) in [6.07, 6.45) is 5.25. The van der Waals surface area contributed by atoms with E-state index in [0.717, 1.165) is 44.7 Å². The number of thiophene rings is 1. The van der Waals surface area contributed by atoms with Crippen molar-refractivity contribution in [1.82, 2.24) is 19.7 Å². The van der Waals surface area contributed by atoms with Crippen LogP contribution < -0.4 is 0 Å². The van der Waals surface area contributed by atoms with E-state index >= 15 is 0 Å². The van der Waals surface area contributed by atoms with Crippen molar-refractivity contribution in [3.8, 4) is 0 Å². The van der Waals surface area contributed by atoms with Gasteiger partial charge in [-0.1, -0.05) is 0 Å². The number of piperidine rings is 1. The van der Waals surface area contributed by atoms with Gasteiger partial charge in [0.05, 0.1) is 0 Å². The predicted octanol–water partition coefficient (Wildman–Crippen LogP) is 2.70. The molecule has 0 unspecified atom stereocenters. The SMILES string of the molecule is CCn1cnnc1C1CCN(C(=O)CCc2ccsc2)CC1. The summed E-state index contributed by atoms with van der Waals surface area (Å²) in [5.41, 5.74) is 1.27. The highest BCUT2D eigenvalue weighted by atomic mass is 32.1. The van der Waals surface area contributed by atoms with Crippen molar-refractivity contribution in [3.63, 3.8) is 0 Å². The van der Waals surface area contributed by atoms with Crippen LogP contribution in [0, 0.1) is 0 Å². The maximum Gasteiger partial charge on any atom is 0.222 e. The van der Waals surface area contributed by atoms with Gasteiger partial charge in [0.1, 0.15) is 12.2 Å². The molecule has 22 heavy (non-hydrogen) atoms. The summed E-state index contributed by atoms with van der Waals surface area (Å²) in [6, 6.07) is 2.10. The topological polar surface area (TPSA) is 51.0 Å². The lowest BCUT2D eigenvalue weighted by Gasteiger charge is -2.31. The summed E-state index contributed by atoms with van der Waals surface area (Å²) in [6.45, 7) is 4.69. The molecule has 6 heteroatoms. The van der Waals surface area contributed by atoms with E-state index in [0.29, 0.717) is 12.3 Å². The molecular formula is C16H22N4OS. The largest absolute Gasteiger partial charge is 0.343 e. The van der Waals surface area contributed by atoms with Crippen molar-refractivity contribution in [2.24, 2.45) is 0 Å². The normalized spacial score (nSPS) is 16.1. The van der Waals surface area contributed by atoms with Gasteiger partial charge in [0.2, 0.25) is 5.91 Å². The van der Waals surface area contributed by atoms with Crippen molar-refractivity contribution >= 4 is 17.2 Å². The number of likely N-dealkylation sites (tertiary alicyclic amines) is 1. The molecule has 0 saturated carbocycles. The van der Waals surface area contributed by atoms with E-state index in [1.165, 1.54) is 5.56 Å². The molecule has 1 fully saturated rings. The predicted molar refractivity (Wildman–Crippen MR) is 86.9 cm³/mol. The molecule has 0 radical (unpaired) electrons. The second kappa shape index (κ2) is 7.05. The molecule has 2 aromatic heterocycles. The van der Waals surface area contributed by atoms with Gasteiger partial charge in [-0.3, -0.25) is 4.79 Å². The van der Waals surface area contributed by atoms with E-state index in [1.807, 2.05) is 4.90 Å². The lowest BCUT2D eigenvalue weighted by atomic mass is 9.95. The van der Waals surface area contributed by atoms with Gasteiger partial charge in [-0.2, -0.15) is 11.3 Å². The molecule has 5 nitrogen and oxygen atoms in total. The van der Waals surface area contributed by atoms with Crippen LogP contribution in [0.5, 0.6) is 0 Å². The van der Waals surface area contributed by atoms with Gasteiger partial charge < -0.3 is 9.47 Å². The Labute approximate surface area is 135 Å². The molecule has 0 aromatic carbocycles. The van der Waals surface area contributed by atoms with E-state index in [9.17, 15) is 4.79 Å². The van der Waals surface area contributed by atoms with Crippen LogP contribution in [-0.2, 0) is 17.8 Å². The molecule has 1 saturated heterocycles. The summed E-state index contributed by atoms with van der Waals surface area (Å²) >= 11 is 1.69. The smallest absolute Gasteiger partial charge is 0.222 e. The zero-order valence-corrected chi connectivity index (χ0v) is 13.8. The monoisotopic (exact) mass is 318 g/mol. The van der Waals surface area contributed by atoms with Gasteiger partial charge in [0, 0.05) is 32.0 Å². The standard InChI is InChI=1S/C16H22N4OS/c1-2-19-12-17-18-16(19)14-5-8-20(9-6-14)15(21)4-3-13-7-10-22-11-13/h7,10-12,14H,2-6,8-9H2,1H3. The Morgan fingerprint density at radius 3 is 2.91 bits per heavy atom. The quantitative estimate of drug-likeness (QED) is 0.851. The molecule has 1 amide bonds. The second-order valence-electron chi connectivity index (χ2n) is 5.76. The molecule has 0 bridgehead atoms.